The first-order valence-corrected chi connectivity index (χ1v) is 9.52. The number of ketones is 2. The van der Waals surface area contributed by atoms with Crippen LogP contribution in [0.15, 0.2) is 52.6 Å². The van der Waals surface area contributed by atoms with E-state index < -0.39 is 22.0 Å². The van der Waals surface area contributed by atoms with Gasteiger partial charge < -0.3 is 0 Å². The highest BCUT2D eigenvalue weighted by Crippen LogP contribution is 2.32. The Labute approximate surface area is 149 Å². The summed E-state index contributed by atoms with van der Waals surface area (Å²) in [6.07, 6.45) is 3.13. The predicted octanol–water partition coefficient (Wildman–Crippen LogP) is 3.01. The number of carbonyl (C=O) groups excluding carboxylic acids is 2. The maximum atomic E-state index is 13.2. The molecule has 0 aromatic heterocycles. The normalized spacial score (nSPS) is 19.1. The Morgan fingerprint density at radius 2 is 1.64 bits per heavy atom. The highest BCUT2D eigenvalue weighted by molar-refractivity contribution is 7.89. The molecule has 0 bridgehead atoms. The van der Waals surface area contributed by atoms with E-state index in [0.717, 1.165) is 5.56 Å². The zero-order chi connectivity index (χ0) is 18.9. The maximum Gasteiger partial charge on any atom is 0.264 e. The number of sulfonamides is 1. The fourth-order valence-electron chi connectivity index (χ4n) is 2.80. The van der Waals surface area contributed by atoms with Gasteiger partial charge in [-0.15, -0.1) is 0 Å². The SMILES string of the molecule is CC(=O)C1=CC(C(C)C(C)=O)N(S(=O)(=O)c2ccc(C)cc2)C(C)=C1. The largest absolute Gasteiger partial charge is 0.300 e. The Kier molecular flexibility index (Phi) is 5.32. The molecule has 0 fully saturated rings. The van der Waals surface area contributed by atoms with E-state index in [1.54, 1.807) is 50.3 Å². The van der Waals surface area contributed by atoms with Crippen LogP contribution in [0.5, 0.6) is 0 Å². The molecule has 1 heterocycles. The van der Waals surface area contributed by atoms with E-state index in [2.05, 4.69) is 0 Å². The van der Waals surface area contributed by atoms with E-state index in [0.29, 0.717) is 11.3 Å². The summed E-state index contributed by atoms with van der Waals surface area (Å²) in [6.45, 7) is 8.05. The van der Waals surface area contributed by atoms with Crippen LogP contribution in [0.3, 0.4) is 0 Å². The molecule has 1 aromatic carbocycles. The molecule has 0 saturated carbocycles. The van der Waals surface area contributed by atoms with E-state index >= 15 is 0 Å². The molecule has 2 atom stereocenters. The van der Waals surface area contributed by atoms with E-state index in [4.69, 9.17) is 0 Å². The Bertz CT molecular complexity index is 863. The Morgan fingerprint density at radius 3 is 2.12 bits per heavy atom. The topological polar surface area (TPSA) is 71.5 Å². The number of allylic oxidation sites excluding steroid dienone is 3. The number of Topliss-reactive ketones (excluding diaryl/α,β-unsaturated/α-hetero) is 2. The summed E-state index contributed by atoms with van der Waals surface area (Å²) < 4.78 is 27.6. The van der Waals surface area contributed by atoms with Gasteiger partial charge in [0.1, 0.15) is 5.78 Å². The second kappa shape index (κ2) is 6.96. The lowest BCUT2D eigenvalue weighted by molar-refractivity contribution is -0.121. The molecule has 6 heteroatoms. The number of aryl methyl sites for hydroxylation is 1. The molecule has 0 spiro atoms. The molecule has 2 rings (SSSR count). The molecule has 0 aliphatic carbocycles. The van der Waals surface area contributed by atoms with Crippen molar-refractivity contribution in [2.24, 2.45) is 5.92 Å². The fourth-order valence-corrected chi connectivity index (χ4v) is 4.51. The minimum atomic E-state index is -3.85. The molecule has 0 saturated heterocycles. The maximum absolute atomic E-state index is 13.2. The van der Waals surface area contributed by atoms with Crippen molar-refractivity contribution in [3.8, 4) is 0 Å². The predicted molar refractivity (Wildman–Crippen MR) is 96.4 cm³/mol. The summed E-state index contributed by atoms with van der Waals surface area (Å²) in [5, 5.41) is 0. The van der Waals surface area contributed by atoms with Gasteiger partial charge in [0.25, 0.3) is 10.0 Å². The van der Waals surface area contributed by atoms with Gasteiger partial charge in [-0.2, -0.15) is 0 Å². The third-order valence-electron chi connectivity index (χ3n) is 4.47. The van der Waals surface area contributed by atoms with E-state index in [1.165, 1.54) is 18.2 Å². The van der Waals surface area contributed by atoms with Crippen molar-refractivity contribution in [1.29, 1.82) is 0 Å². The summed E-state index contributed by atoms with van der Waals surface area (Å²) >= 11 is 0. The first kappa shape index (κ1) is 19.1. The van der Waals surface area contributed by atoms with E-state index in [1.807, 2.05) is 6.92 Å². The number of hydrogen-bond donors (Lipinski definition) is 0. The molecule has 25 heavy (non-hydrogen) atoms. The third-order valence-corrected chi connectivity index (χ3v) is 6.39. The zero-order valence-corrected chi connectivity index (χ0v) is 15.9. The lowest BCUT2D eigenvalue weighted by Crippen LogP contribution is -2.45. The molecule has 0 amide bonds. The van der Waals surface area contributed by atoms with Crippen molar-refractivity contribution in [3.63, 3.8) is 0 Å². The first-order chi connectivity index (χ1) is 11.6. The second-order valence-electron chi connectivity index (χ2n) is 6.47. The molecule has 0 radical (unpaired) electrons. The summed E-state index contributed by atoms with van der Waals surface area (Å²) in [5.74, 6) is -0.867. The number of hydrogen-bond acceptors (Lipinski definition) is 4. The summed E-state index contributed by atoms with van der Waals surface area (Å²) in [7, 11) is -3.85. The van der Waals surface area contributed by atoms with Crippen LogP contribution in [-0.4, -0.2) is 30.3 Å². The van der Waals surface area contributed by atoms with Crippen molar-refractivity contribution in [3.05, 3.63) is 53.3 Å². The average molecular weight is 361 g/mol. The fraction of sp³-hybridized carbons (Fsp3) is 0.368. The molecule has 134 valence electrons. The van der Waals surface area contributed by atoms with Crippen LogP contribution in [-0.2, 0) is 19.6 Å². The van der Waals surface area contributed by atoms with Gasteiger partial charge >= 0.3 is 0 Å². The van der Waals surface area contributed by atoms with Crippen LogP contribution in [0, 0.1) is 12.8 Å². The van der Waals surface area contributed by atoms with Crippen molar-refractivity contribution in [1.82, 2.24) is 4.31 Å². The molecule has 1 aliphatic rings. The van der Waals surface area contributed by atoms with Crippen LogP contribution in [0.2, 0.25) is 0 Å². The van der Waals surface area contributed by atoms with E-state index in [9.17, 15) is 18.0 Å². The van der Waals surface area contributed by atoms with Gasteiger partial charge in [0.05, 0.1) is 10.9 Å². The number of nitrogens with zero attached hydrogens (tertiary/aromatic N) is 1. The van der Waals surface area contributed by atoms with Gasteiger partial charge in [-0.25, -0.2) is 8.42 Å². The Morgan fingerprint density at radius 1 is 1.08 bits per heavy atom. The van der Waals surface area contributed by atoms with Crippen LogP contribution in [0.1, 0.15) is 33.3 Å². The van der Waals surface area contributed by atoms with Crippen LogP contribution in [0.4, 0.5) is 0 Å². The average Bonchev–Trinajstić information content (AvgIpc) is 2.53. The zero-order valence-electron chi connectivity index (χ0n) is 15.1. The first-order valence-electron chi connectivity index (χ1n) is 8.08. The highest BCUT2D eigenvalue weighted by atomic mass is 32.2. The lowest BCUT2D eigenvalue weighted by Gasteiger charge is -2.37. The Balaban J connectivity index is 2.60. The Hall–Kier alpha value is -2.21. The monoisotopic (exact) mass is 361 g/mol. The second-order valence-corrected chi connectivity index (χ2v) is 8.28. The third kappa shape index (κ3) is 3.74. The molecule has 1 aromatic rings. The van der Waals surface area contributed by atoms with Crippen molar-refractivity contribution < 1.29 is 18.0 Å². The lowest BCUT2D eigenvalue weighted by atomic mass is 9.92. The molecular formula is C19H23NO4S. The van der Waals surface area contributed by atoms with Gasteiger partial charge in [0, 0.05) is 17.2 Å². The van der Waals surface area contributed by atoms with Gasteiger partial charge in [0.15, 0.2) is 5.78 Å². The van der Waals surface area contributed by atoms with Crippen molar-refractivity contribution in [2.45, 2.75) is 45.6 Å². The van der Waals surface area contributed by atoms with Gasteiger partial charge in [-0.3, -0.25) is 13.9 Å². The summed E-state index contributed by atoms with van der Waals surface area (Å²) in [6, 6.07) is 5.84. The highest BCUT2D eigenvalue weighted by Gasteiger charge is 2.37. The van der Waals surface area contributed by atoms with Crippen molar-refractivity contribution >= 4 is 21.6 Å². The van der Waals surface area contributed by atoms with Crippen molar-refractivity contribution in [2.75, 3.05) is 0 Å². The number of benzene rings is 1. The molecule has 1 aliphatic heterocycles. The van der Waals surface area contributed by atoms with Crippen LogP contribution >= 0.6 is 0 Å². The smallest absolute Gasteiger partial charge is 0.264 e. The minimum absolute atomic E-state index is 0.136. The summed E-state index contributed by atoms with van der Waals surface area (Å²) in [5.41, 5.74) is 1.80. The van der Waals surface area contributed by atoms with Gasteiger partial charge in [-0.05, 0) is 52.0 Å². The number of rotatable bonds is 5. The molecule has 0 N–H and O–H groups in total. The quantitative estimate of drug-likeness (QED) is 0.808. The van der Waals surface area contributed by atoms with Crippen LogP contribution < -0.4 is 0 Å². The molecule has 2 unspecified atom stereocenters. The standard InChI is InChI=1S/C19H23NO4S/c1-12-6-8-18(9-7-12)25(23,24)20-13(2)10-17(16(5)22)11-19(20)14(3)15(4)21/h6-11,14,19H,1-5H3. The number of carbonyl (C=O) groups is 2. The summed E-state index contributed by atoms with van der Waals surface area (Å²) in [4.78, 5) is 23.9. The van der Waals surface area contributed by atoms with Gasteiger partial charge in [-0.1, -0.05) is 24.6 Å². The van der Waals surface area contributed by atoms with Gasteiger partial charge in [0.2, 0.25) is 0 Å². The minimum Gasteiger partial charge on any atom is -0.300 e. The molecule has 5 nitrogen and oxygen atoms in total. The van der Waals surface area contributed by atoms with Crippen LogP contribution in [0.25, 0.3) is 0 Å². The molecular weight excluding hydrogens is 338 g/mol. The van der Waals surface area contributed by atoms with E-state index in [-0.39, 0.29) is 16.5 Å².